The molecule has 3 rings (SSSR count). The lowest BCUT2D eigenvalue weighted by atomic mass is 10.6. The molecule has 0 saturated heterocycles. The summed E-state index contributed by atoms with van der Waals surface area (Å²) in [5.41, 5.74) is 1.07. The number of aromatic nitrogens is 5. The first-order chi connectivity index (χ1) is 9.49. The summed E-state index contributed by atoms with van der Waals surface area (Å²) in [5.74, 6) is 1.06. The first-order valence-electron chi connectivity index (χ1n) is 6.44. The van der Waals surface area contributed by atoms with E-state index in [1.54, 1.807) is 12.5 Å². The Morgan fingerprint density at radius 3 is 1.65 bits per heavy atom. The van der Waals surface area contributed by atoms with E-state index in [-0.39, 0.29) is 0 Å². The van der Waals surface area contributed by atoms with Gasteiger partial charge in [0.15, 0.2) is 0 Å². The van der Waals surface area contributed by atoms with E-state index in [1.807, 2.05) is 85.6 Å². The minimum absolute atomic E-state index is 1.06. The van der Waals surface area contributed by atoms with Crippen molar-refractivity contribution in [1.82, 2.24) is 23.7 Å². The number of aryl methyl sites for hydroxylation is 5. The largest absolute Gasteiger partial charge is 0.357 e. The van der Waals surface area contributed by atoms with Gasteiger partial charge in [-0.2, -0.15) is 0 Å². The van der Waals surface area contributed by atoms with E-state index >= 15 is 0 Å². The lowest BCUT2D eigenvalue weighted by Crippen LogP contribution is -1.86. The minimum atomic E-state index is 1.06. The van der Waals surface area contributed by atoms with Crippen LogP contribution >= 0.6 is 0 Å². The van der Waals surface area contributed by atoms with Crippen LogP contribution < -0.4 is 0 Å². The van der Waals surface area contributed by atoms with Gasteiger partial charge in [0.2, 0.25) is 0 Å². The van der Waals surface area contributed by atoms with Crippen LogP contribution in [-0.4, -0.2) is 23.7 Å². The molecule has 0 radical (unpaired) electrons. The van der Waals surface area contributed by atoms with Crippen LogP contribution in [0.1, 0.15) is 11.5 Å². The monoisotopic (exact) mass is 273 g/mol. The van der Waals surface area contributed by atoms with Crippen LogP contribution in [0, 0.1) is 13.8 Å². The van der Waals surface area contributed by atoms with E-state index in [0.717, 1.165) is 11.5 Å². The lowest BCUT2D eigenvalue weighted by Gasteiger charge is -1.87. The summed E-state index contributed by atoms with van der Waals surface area (Å²) in [7, 11) is 5.93. The van der Waals surface area contributed by atoms with Crippen LogP contribution in [0.15, 0.2) is 49.4 Å². The Balaban J connectivity index is 0.000000151. The van der Waals surface area contributed by atoms with Gasteiger partial charge in [0, 0.05) is 52.1 Å². The van der Waals surface area contributed by atoms with Crippen LogP contribution in [0.3, 0.4) is 0 Å². The van der Waals surface area contributed by atoms with Crippen molar-refractivity contribution in [1.29, 1.82) is 0 Å². The molecule has 108 valence electrons. The maximum absolute atomic E-state index is 3.98. The van der Waals surface area contributed by atoms with E-state index in [9.17, 15) is 0 Å². The number of hydrogen-bond donors (Lipinski definition) is 0. The van der Waals surface area contributed by atoms with E-state index in [2.05, 4.69) is 9.97 Å². The molecule has 3 aromatic heterocycles. The van der Waals surface area contributed by atoms with Crippen molar-refractivity contribution in [2.75, 3.05) is 0 Å². The molecule has 0 aliphatic carbocycles. The summed E-state index contributed by atoms with van der Waals surface area (Å²) in [6, 6.07) is 4.00. The molecule has 0 amide bonds. The molecule has 0 bridgehead atoms. The zero-order valence-corrected chi connectivity index (χ0v) is 12.9. The Labute approximate surface area is 120 Å². The Hall–Kier alpha value is -2.30. The van der Waals surface area contributed by atoms with Crippen molar-refractivity contribution in [3.8, 4) is 0 Å². The van der Waals surface area contributed by atoms with Crippen molar-refractivity contribution in [3.63, 3.8) is 0 Å². The first-order valence-corrected chi connectivity index (χ1v) is 6.44. The smallest absolute Gasteiger partial charge is 0.105 e. The maximum Gasteiger partial charge on any atom is 0.105 e. The van der Waals surface area contributed by atoms with Crippen molar-refractivity contribution < 1.29 is 0 Å². The van der Waals surface area contributed by atoms with Crippen LogP contribution in [-0.2, 0) is 21.1 Å². The summed E-state index contributed by atoms with van der Waals surface area (Å²) in [6.07, 6.45) is 11.5. The third-order valence-electron chi connectivity index (χ3n) is 2.65. The highest BCUT2D eigenvalue weighted by Gasteiger charge is 1.83. The standard InChI is InChI=1S/2C5H8N2.C5H7N/c1-5-3-7(2)4-6-5;1-5-6-3-4-7(5)2;1-6-4-2-3-5-6/h2*3-4H,1-2H3;2-5H,1H3. The fourth-order valence-corrected chi connectivity index (χ4v) is 1.40. The van der Waals surface area contributed by atoms with Crippen LogP contribution in [0.4, 0.5) is 0 Å². The van der Waals surface area contributed by atoms with Crippen LogP contribution in [0.25, 0.3) is 0 Å². The van der Waals surface area contributed by atoms with Crippen LogP contribution in [0.5, 0.6) is 0 Å². The molecule has 0 N–H and O–H groups in total. The average Bonchev–Trinajstić information content (AvgIpc) is 3.09. The molecule has 0 aliphatic rings. The molecular weight excluding hydrogens is 250 g/mol. The molecule has 3 heterocycles. The normalized spacial score (nSPS) is 9.25. The molecule has 0 atom stereocenters. The molecular formula is C15H23N5. The van der Waals surface area contributed by atoms with Crippen molar-refractivity contribution in [2.45, 2.75) is 13.8 Å². The third kappa shape index (κ3) is 6.04. The molecule has 5 nitrogen and oxygen atoms in total. The van der Waals surface area contributed by atoms with Crippen LogP contribution in [0.2, 0.25) is 0 Å². The summed E-state index contributed by atoms with van der Waals surface area (Å²) in [5, 5.41) is 0. The second kappa shape index (κ2) is 7.99. The van der Waals surface area contributed by atoms with Gasteiger partial charge in [-0.1, -0.05) is 0 Å². The van der Waals surface area contributed by atoms with Gasteiger partial charge in [-0.25, -0.2) is 9.97 Å². The second-order valence-corrected chi connectivity index (χ2v) is 4.61. The fourth-order valence-electron chi connectivity index (χ4n) is 1.40. The molecule has 0 aromatic carbocycles. The third-order valence-corrected chi connectivity index (χ3v) is 2.65. The number of rotatable bonds is 0. The molecule has 0 unspecified atom stereocenters. The van der Waals surface area contributed by atoms with Gasteiger partial charge < -0.3 is 13.7 Å². The molecule has 3 aromatic rings. The molecule has 0 saturated carbocycles. The summed E-state index contributed by atoms with van der Waals surface area (Å²) in [4.78, 5) is 7.96. The van der Waals surface area contributed by atoms with Crippen molar-refractivity contribution >= 4 is 0 Å². The van der Waals surface area contributed by atoms with Crippen molar-refractivity contribution in [2.24, 2.45) is 21.1 Å². The van der Waals surface area contributed by atoms with E-state index in [4.69, 9.17) is 0 Å². The summed E-state index contributed by atoms with van der Waals surface area (Å²) in [6.45, 7) is 3.94. The van der Waals surface area contributed by atoms with E-state index < -0.39 is 0 Å². The lowest BCUT2D eigenvalue weighted by molar-refractivity contribution is 0.858. The van der Waals surface area contributed by atoms with E-state index in [1.165, 1.54) is 0 Å². The zero-order valence-electron chi connectivity index (χ0n) is 12.9. The Morgan fingerprint density at radius 2 is 1.50 bits per heavy atom. The summed E-state index contributed by atoms with van der Waals surface area (Å²) < 4.78 is 5.90. The quantitative estimate of drug-likeness (QED) is 0.631. The van der Waals surface area contributed by atoms with E-state index in [0.29, 0.717) is 0 Å². The van der Waals surface area contributed by atoms with Gasteiger partial charge >= 0.3 is 0 Å². The highest BCUT2D eigenvalue weighted by molar-refractivity contribution is 4.90. The van der Waals surface area contributed by atoms with Crippen molar-refractivity contribution in [3.05, 3.63) is 61.0 Å². The van der Waals surface area contributed by atoms with Gasteiger partial charge in [-0.05, 0) is 26.0 Å². The number of nitrogens with zero attached hydrogens (tertiary/aromatic N) is 5. The Kier molecular flexibility index (Phi) is 6.29. The highest BCUT2D eigenvalue weighted by atomic mass is 15.0. The molecule has 0 aliphatic heterocycles. The molecule has 0 fully saturated rings. The maximum atomic E-state index is 3.98. The van der Waals surface area contributed by atoms with Gasteiger partial charge in [0.25, 0.3) is 0 Å². The van der Waals surface area contributed by atoms with Gasteiger partial charge in [0.1, 0.15) is 5.82 Å². The zero-order chi connectivity index (χ0) is 15.0. The predicted octanol–water partition coefficient (Wildman–Crippen LogP) is 2.48. The average molecular weight is 273 g/mol. The Morgan fingerprint density at radius 1 is 0.850 bits per heavy atom. The van der Waals surface area contributed by atoms with Gasteiger partial charge in [0.05, 0.1) is 12.0 Å². The van der Waals surface area contributed by atoms with Gasteiger partial charge in [-0.15, -0.1) is 0 Å². The topological polar surface area (TPSA) is 40.6 Å². The minimum Gasteiger partial charge on any atom is -0.357 e. The predicted molar refractivity (Wildman–Crippen MR) is 81.3 cm³/mol. The number of imidazole rings is 2. The Bertz CT molecular complexity index is 556. The first kappa shape index (κ1) is 15.8. The SMILES string of the molecule is Cc1cn(C)cn1.Cc1nccn1C.Cn1cccc1. The highest BCUT2D eigenvalue weighted by Crippen LogP contribution is 1.87. The second-order valence-electron chi connectivity index (χ2n) is 4.61. The molecule has 5 heteroatoms. The molecule has 0 spiro atoms. The number of hydrogen-bond acceptors (Lipinski definition) is 2. The van der Waals surface area contributed by atoms with Gasteiger partial charge in [-0.3, -0.25) is 0 Å². The summed E-state index contributed by atoms with van der Waals surface area (Å²) >= 11 is 0. The molecule has 20 heavy (non-hydrogen) atoms. The fraction of sp³-hybridized carbons (Fsp3) is 0.333.